The second-order valence-corrected chi connectivity index (χ2v) is 4.66. The van der Waals surface area contributed by atoms with Gasteiger partial charge in [-0.05, 0) is 20.3 Å². The molecule has 1 rings (SSSR count). The fourth-order valence-electron chi connectivity index (χ4n) is 0.882. The van der Waals surface area contributed by atoms with E-state index >= 15 is 0 Å². The largest absolute Gasteiger partial charge is 0.224 e. The fraction of sp³-hybridized carbons (Fsp3) is 0.667. The third-order valence-electron chi connectivity index (χ3n) is 1.81. The van der Waals surface area contributed by atoms with E-state index in [1.54, 1.807) is 6.92 Å². The first-order valence-electron chi connectivity index (χ1n) is 2.93. The molecule has 1 aliphatic heterocycles. The van der Waals surface area contributed by atoms with Crippen molar-refractivity contribution in [3.8, 4) is 0 Å². The molecule has 0 aromatic rings. The van der Waals surface area contributed by atoms with E-state index in [4.69, 9.17) is 0 Å². The average molecular weight is 146 g/mol. The quantitative estimate of drug-likeness (QED) is 0.513. The van der Waals surface area contributed by atoms with E-state index < -0.39 is 9.84 Å². The molecule has 0 fully saturated rings. The van der Waals surface area contributed by atoms with Crippen molar-refractivity contribution in [3.63, 3.8) is 0 Å². The van der Waals surface area contributed by atoms with E-state index in [-0.39, 0.29) is 0 Å². The first-order valence-corrected chi connectivity index (χ1v) is 4.58. The van der Waals surface area contributed by atoms with Crippen LogP contribution in [0.15, 0.2) is 10.5 Å². The lowest BCUT2D eigenvalue weighted by atomic mass is 10.2. The summed E-state index contributed by atoms with van der Waals surface area (Å²) in [5.41, 5.74) is 1.02. The summed E-state index contributed by atoms with van der Waals surface area (Å²) in [6, 6.07) is 0. The second-order valence-electron chi connectivity index (χ2n) is 2.41. The second kappa shape index (κ2) is 1.84. The summed E-state index contributed by atoms with van der Waals surface area (Å²) in [4.78, 5) is 0.586. The van der Waals surface area contributed by atoms with Crippen molar-refractivity contribution in [1.29, 1.82) is 0 Å². The Morgan fingerprint density at radius 2 is 1.89 bits per heavy atom. The van der Waals surface area contributed by atoms with Gasteiger partial charge in [0.2, 0.25) is 0 Å². The van der Waals surface area contributed by atoms with Crippen LogP contribution in [-0.4, -0.2) is 14.2 Å². The molecule has 0 aromatic heterocycles. The Balaban J connectivity index is 3.17. The molecule has 0 atom stereocenters. The van der Waals surface area contributed by atoms with Crippen molar-refractivity contribution in [3.05, 3.63) is 10.5 Å². The maximum Gasteiger partial charge on any atom is 0.174 e. The molecule has 0 unspecified atom stereocenters. The molecule has 9 heavy (non-hydrogen) atoms. The van der Waals surface area contributed by atoms with Crippen LogP contribution < -0.4 is 0 Å². The molecule has 52 valence electrons. The van der Waals surface area contributed by atoms with E-state index in [0.717, 1.165) is 12.0 Å². The molecular formula is C6H10O2S. The Kier molecular flexibility index (Phi) is 1.39. The van der Waals surface area contributed by atoms with Crippen molar-refractivity contribution < 1.29 is 8.42 Å². The Labute approximate surface area is 55.5 Å². The highest BCUT2D eigenvalue weighted by molar-refractivity contribution is 7.95. The third-order valence-corrected chi connectivity index (χ3v) is 3.84. The Morgan fingerprint density at radius 3 is 2.00 bits per heavy atom. The maximum absolute atomic E-state index is 10.9. The van der Waals surface area contributed by atoms with Gasteiger partial charge >= 0.3 is 0 Å². The summed E-state index contributed by atoms with van der Waals surface area (Å²) in [6.45, 7) is 3.55. The number of hydrogen-bond donors (Lipinski definition) is 0. The molecule has 2 nitrogen and oxygen atoms in total. The lowest BCUT2D eigenvalue weighted by molar-refractivity contribution is 0.604. The van der Waals surface area contributed by atoms with E-state index in [1.807, 2.05) is 6.92 Å². The molecule has 1 aliphatic rings. The highest BCUT2D eigenvalue weighted by Gasteiger charge is 2.22. The van der Waals surface area contributed by atoms with Crippen LogP contribution in [0.3, 0.4) is 0 Å². The molecule has 0 bridgehead atoms. The van der Waals surface area contributed by atoms with Crippen LogP contribution in [0, 0.1) is 0 Å². The van der Waals surface area contributed by atoms with Gasteiger partial charge in [0.25, 0.3) is 0 Å². The van der Waals surface area contributed by atoms with E-state index in [9.17, 15) is 8.42 Å². The summed E-state index contributed by atoms with van der Waals surface area (Å²) in [5.74, 6) is 0.324. The summed E-state index contributed by atoms with van der Waals surface area (Å²) in [5, 5.41) is 0. The first kappa shape index (κ1) is 6.81. The van der Waals surface area contributed by atoms with Crippen LogP contribution in [0.5, 0.6) is 0 Å². The van der Waals surface area contributed by atoms with Crippen LogP contribution >= 0.6 is 0 Å². The van der Waals surface area contributed by atoms with Crippen LogP contribution in [0.2, 0.25) is 0 Å². The van der Waals surface area contributed by atoms with Gasteiger partial charge in [-0.25, -0.2) is 8.42 Å². The van der Waals surface area contributed by atoms with Gasteiger partial charge in [-0.1, -0.05) is 5.57 Å². The molecular weight excluding hydrogens is 136 g/mol. The van der Waals surface area contributed by atoms with E-state index in [0.29, 0.717) is 10.7 Å². The topological polar surface area (TPSA) is 34.1 Å². The van der Waals surface area contributed by atoms with Gasteiger partial charge < -0.3 is 0 Å². The molecule has 0 radical (unpaired) electrons. The maximum atomic E-state index is 10.9. The minimum atomic E-state index is -2.79. The van der Waals surface area contributed by atoms with Crippen molar-refractivity contribution in [2.45, 2.75) is 20.3 Å². The summed E-state index contributed by atoms with van der Waals surface area (Å²) >= 11 is 0. The standard InChI is InChI=1S/C6H10O2S/c1-5-3-4-9(7,8)6(5)2/h3-4H2,1-2H3. The molecule has 0 amide bonds. The molecule has 0 saturated heterocycles. The molecule has 0 spiro atoms. The third kappa shape index (κ3) is 1.01. The number of hydrogen-bond acceptors (Lipinski definition) is 2. The minimum absolute atomic E-state index is 0.324. The van der Waals surface area contributed by atoms with E-state index in [1.165, 1.54) is 0 Å². The van der Waals surface area contributed by atoms with Gasteiger partial charge in [-0.3, -0.25) is 0 Å². The summed E-state index contributed by atoms with van der Waals surface area (Å²) in [6.07, 6.45) is 0.730. The zero-order valence-corrected chi connectivity index (χ0v) is 6.46. The Morgan fingerprint density at radius 1 is 1.33 bits per heavy atom. The van der Waals surface area contributed by atoms with Gasteiger partial charge in [-0.15, -0.1) is 0 Å². The number of rotatable bonds is 0. The van der Waals surface area contributed by atoms with Gasteiger partial charge in [0.05, 0.1) is 5.75 Å². The summed E-state index contributed by atoms with van der Waals surface area (Å²) in [7, 11) is -2.79. The van der Waals surface area contributed by atoms with Gasteiger partial charge in [0.1, 0.15) is 0 Å². The van der Waals surface area contributed by atoms with Gasteiger partial charge in [0, 0.05) is 4.91 Å². The predicted molar refractivity (Wildman–Crippen MR) is 36.8 cm³/mol. The van der Waals surface area contributed by atoms with Gasteiger partial charge in [0.15, 0.2) is 9.84 Å². The highest BCUT2D eigenvalue weighted by Crippen LogP contribution is 2.23. The average Bonchev–Trinajstić information content (AvgIpc) is 1.97. The molecule has 3 heteroatoms. The van der Waals surface area contributed by atoms with Crippen molar-refractivity contribution in [2.24, 2.45) is 0 Å². The van der Waals surface area contributed by atoms with Crippen molar-refractivity contribution in [1.82, 2.24) is 0 Å². The minimum Gasteiger partial charge on any atom is -0.224 e. The predicted octanol–water partition coefficient (Wildman–Crippen LogP) is 1.10. The van der Waals surface area contributed by atoms with Crippen molar-refractivity contribution >= 4 is 9.84 Å². The monoisotopic (exact) mass is 146 g/mol. The Bertz CT molecular complexity index is 246. The lowest BCUT2D eigenvalue weighted by Gasteiger charge is -1.90. The zero-order valence-electron chi connectivity index (χ0n) is 5.64. The van der Waals surface area contributed by atoms with Crippen LogP contribution in [0.4, 0.5) is 0 Å². The first-order chi connectivity index (χ1) is 4.04. The van der Waals surface area contributed by atoms with Crippen LogP contribution in [-0.2, 0) is 9.84 Å². The Hall–Kier alpha value is -0.310. The molecule has 0 aliphatic carbocycles. The molecule has 1 heterocycles. The summed E-state index contributed by atoms with van der Waals surface area (Å²) < 4.78 is 21.8. The zero-order chi connectivity index (χ0) is 7.07. The molecule has 0 N–H and O–H groups in total. The smallest absolute Gasteiger partial charge is 0.174 e. The molecule has 0 aromatic carbocycles. The normalized spacial score (nSPS) is 25.1. The molecule has 0 saturated carbocycles. The SMILES string of the molecule is CC1=C(C)S(=O)(=O)CC1. The lowest BCUT2D eigenvalue weighted by Crippen LogP contribution is -1.98. The number of sulfone groups is 1. The highest BCUT2D eigenvalue weighted by atomic mass is 32.2. The van der Waals surface area contributed by atoms with Crippen LogP contribution in [0.1, 0.15) is 20.3 Å². The van der Waals surface area contributed by atoms with Crippen molar-refractivity contribution in [2.75, 3.05) is 5.75 Å². The fourth-order valence-corrected chi connectivity index (χ4v) is 2.40. The van der Waals surface area contributed by atoms with Crippen LogP contribution in [0.25, 0.3) is 0 Å². The van der Waals surface area contributed by atoms with Gasteiger partial charge in [-0.2, -0.15) is 0 Å². The van der Waals surface area contributed by atoms with E-state index in [2.05, 4.69) is 0 Å². The number of allylic oxidation sites excluding steroid dienone is 2.